The lowest BCUT2D eigenvalue weighted by molar-refractivity contribution is 0.0662. The maximum absolute atomic E-state index is 12.3. The Bertz CT molecular complexity index is 1130. The molecule has 2 unspecified atom stereocenters. The van der Waals surface area contributed by atoms with Gasteiger partial charge < -0.3 is 30.2 Å². The molecule has 2 atom stereocenters. The summed E-state index contributed by atoms with van der Waals surface area (Å²) < 4.78 is 15.4. The van der Waals surface area contributed by atoms with E-state index in [1.807, 2.05) is 43.9 Å². The number of halogens is 2. The van der Waals surface area contributed by atoms with Crippen LogP contribution in [0.4, 0.5) is 0 Å². The maximum atomic E-state index is 12.3. The van der Waals surface area contributed by atoms with Crippen LogP contribution in [0.1, 0.15) is 61.2 Å². The first-order valence-corrected chi connectivity index (χ1v) is 15.5. The Morgan fingerprint density at radius 3 is 1.80 bits per heavy atom. The number of hydrogen-bond donors (Lipinski definition) is 3. The highest BCUT2D eigenvalue weighted by atomic mass is 79.9. The molecule has 2 fully saturated rings. The fourth-order valence-corrected chi connectivity index (χ4v) is 4.18. The number of likely N-dealkylation sites (N-methyl/N-ethyl adjacent to an activating group) is 2. The van der Waals surface area contributed by atoms with Gasteiger partial charge in [-0.25, -0.2) is 4.79 Å². The number of amides is 1. The van der Waals surface area contributed by atoms with Crippen molar-refractivity contribution in [1.29, 1.82) is 0 Å². The molecule has 2 aliphatic heterocycles. The first kappa shape index (κ1) is 33.7. The number of carbonyl (C=O) groups is 2. The predicted molar refractivity (Wildman–Crippen MR) is 175 cm³/mol. The van der Waals surface area contributed by atoms with Crippen LogP contribution in [-0.4, -0.2) is 109 Å². The number of nitrogens with one attached hydrogen (secondary N) is 1. The number of benzene rings is 2. The van der Waals surface area contributed by atoms with Gasteiger partial charge >= 0.3 is 5.97 Å². The van der Waals surface area contributed by atoms with E-state index in [2.05, 4.69) is 61.1 Å². The van der Waals surface area contributed by atoms with E-state index in [0.29, 0.717) is 12.0 Å². The van der Waals surface area contributed by atoms with Crippen molar-refractivity contribution in [2.24, 2.45) is 0 Å². The van der Waals surface area contributed by atoms with Crippen LogP contribution in [0, 0.1) is 13.8 Å². The van der Waals surface area contributed by atoms with Crippen LogP contribution in [0.15, 0.2) is 45.3 Å². The number of carbonyl (C=O) groups excluding carboxylic acids is 1. The maximum Gasteiger partial charge on any atom is 0.335 e. The molecule has 0 aliphatic carbocycles. The van der Waals surface area contributed by atoms with Crippen LogP contribution < -0.4 is 5.32 Å². The third-order valence-corrected chi connectivity index (χ3v) is 8.46. The highest BCUT2D eigenvalue weighted by Gasteiger charge is 2.20. The third-order valence-electron chi connectivity index (χ3n) is 6.68. The zero-order valence-electron chi connectivity index (χ0n) is 27.0. The molecule has 0 bridgehead atoms. The minimum Gasteiger partial charge on any atom is -0.478 e. The van der Waals surface area contributed by atoms with Crippen LogP contribution in [-0.2, 0) is 0 Å². The molecular formula is C31H48Br2N4O4. The minimum absolute atomic E-state index is 0.147. The molecular weight excluding hydrogens is 652 g/mol. The normalized spacial score (nSPS) is 17.6. The highest BCUT2D eigenvalue weighted by Crippen LogP contribution is 2.19. The Kier molecular flexibility index (Phi) is 16.6. The molecule has 2 saturated heterocycles. The number of aromatic carboxylic acids is 1. The largest absolute Gasteiger partial charge is 0.478 e. The van der Waals surface area contributed by atoms with Gasteiger partial charge in [0, 0.05) is 69.6 Å². The lowest BCUT2D eigenvalue weighted by atomic mass is 10.1. The van der Waals surface area contributed by atoms with E-state index in [4.69, 9.17) is 13.0 Å². The number of carboxylic acid groups (broad SMARTS) is 1. The first-order chi connectivity index (χ1) is 20.2. The molecule has 0 radical (unpaired) electrons. The van der Waals surface area contributed by atoms with Gasteiger partial charge in [-0.3, -0.25) is 4.79 Å². The van der Waals surface area contributed by atoms with E-state index >= 15 is 0 Å². The second kappa shape index (κ2) is 20.1. The topological polar surface area (TPSA) is 96.4 Å². The summed E-state index contributed by atoms with van der Waals surface area (Å²) in [6.07, 6.45) is 0.472. The molecule has 3 N–H and O–H groups in total. The van der Waals surface area contributed by atoms with Gasteiger partial charge in [-0.15, -0.1) is 0 Å². The van der Waals surface area contributed by atoms with Crippen molar-refractivity contribution in [2.75, 3.05) is 66.5 Å². The van der Waals surface area contributed by atoms with Gasteiger partial charge in [-0.1, -0.05) is 45.7 Å². The van der Waals surface area contributed by atoms with Crippen LogP contribution >= 0.6 is 31.9 Å². The predicted octanol–water partition coefficient (Wildman–Crippen LogP) is 5.29. The van der Waals surface area contributed by atoms with Crippen LogP contribution in [0.25, 0.3) is 0 Å². The van der Waals surface area contributed by atoms with Gasteiger partial charge in [-0.2, -0.15) is 0 Å². The summed E-state index contributed by atoms with van der Waals surface area (Å²) in [7, 11) is 4.24. The van der Waals surface area contributed by atoms with E-state index in [-0.39, 0.29) is 12.3 Å². The molecule has 1 amide bonds. The molecule has 41 heavy (non-hydrogen) atoms. The first-order valence-electron chi connectivity index (χ1n) is 15.1. The number of carboxylic acids is 1. The molecule has 2 aromatic rings. The van der Waals surface area contributed by atoms with Gasteiger partial charge in [0.1, 0.15) is 0 Å². The summed E-state index contributed by atoms with van der Waals surface area (Å²) in [5.41, 5.74) is 3.15. The summed E-state index contributed by atoms with van der Waals surface area (Å²) in [6.45, 7) is 13.1. The van der Waals surface area contributed by atoms with E-state index in [1.165, 1.54) is 13.1 Å². The van der Waals surface area contributed by atoms with E-state index in [0.717, 1.165) is 64.9 Å². The van der Waals surface area contributed by atoms with Crippen molar-refractivity contribution in [1.82, 2.24) is 20.0 Å². The zero-order chi connectivity index (χ0) is 32.5. The Morgan fingerprint density at radius 1 is 0.927 bits per heavy atom. The van der Waals surface area contributed by atoms with Crippen LogP contribution in [0.2, 0.25) is 0 Å². The number of aliphatic hydroxyl groups excluding tert-OH is 1. The third kappa shape index (κ3) is 14.8. The van der Waals surface area contributed by atoms with Gasteiger partial charge in [-0.05, 0) is 88.3 Å². The van der Waals surface area contributed by atoms with E-state index in [9.17, 15) is 9.59 Å². The Balaban J connectivity index is 0.000000308. The molecule has 0 aromatic heterocycles. The molecule has 2 aliphatic rings. The molecule has 2 aromatic carbocycles. The van der Waals surface area contributed by atoms with Crippen LogP contribution in [0.5, 0.6) is 0 Å². The highest BCUT2D eigenvalue weighted by molar-refractivity contribution is 9.10. The average molecular weight is 704 g/mol. The van der Waals surface area contributed by atoms with Gasteiger partial charge in [0.05, 0.1) is 11.7 Å². The lowest BCUT2D eigenvalue weighted by Gasteiger charge is -2.32. The summed E-state index contributed by atoms with van der Waals surface area (Å²) in [5, 5.41) is 20.6. The van der Waals surface area contributed by atoms with E-state index < -0.39 is 18.9 Å². The van der Waals surface area contributed by atoms with Gasteiger partial charge in [0.25, 0.3) is 5.91 Å². The summed E-state index contributed by atoms with van der Waals surface area (Å²) >= 11 is 6.74. The molecule has 230 valence electrons. The second-order valence-electron chi connectivity index (χ2n) is 10.2. The average Bonchev–Trinajstić information content (AvgIpc) is 2.97. The van der Waals surface area contributed by atoms with Crippen molar-refractivity contribution in [3.05, 3.63) is 67.6 Å². The fourth-order valence-electron chi connectivity index (χ4n) is 3.69. The smallest absolute Gasteiger partial charge is 0.335 e. The summed E-state index contributed by atoms with van der Waals surface area (Å²) in [4.78, 5) is 29.2. The SMILES string of the molecule is CN1CCNCC1.Cc1cc(C(=O)N2CCN(C)CC2)ccc1Br.Cc1cc(C(=O)O)ccc1Br.[2H]C([3H])CC(O)CC. The van der Waals surface area contributed by atoms with Crippen molar-refractivity contribution < 1.29 is 22.5 Å². The van der Waals surface area contributed by atoms with Crippen molar-refractivity contribution >= 4 is 43.7 Å². The van der Waals surface area contributed by atoms with Crippen molar-refractivity contribution in [2.45, 2.75) is 46.6 Å². The second-order valence-corrected chi connectivity index (χ2v) is 11.9. The quantitative estimate of drug-likeness (QED) is 0.399. The minimum atomic E-state index is -0.888. The summed E-state index contributed by atoms with van der Waals surface area (Å²) in [5.74, 6) is -0.741. The van der Waals surface area contributed by atoms with Gasteiger partial charge in [0.2, 0.25) is 0 Å². The van der Waals surface area contributed by atoms with Gasteiger partial charge in [0.15, 0.2) is 0 Å². The monoisotopic (exact) mass is 701 g/mol. The molecule has 0 spiro atoms. The number of nitrogens with zero attached hydrogens (tertiary/aromatic N) is 3. The molecule has 0 saturated carbocycles. The van der Waals surface area contributed by atoms with E-state index in [1.54, 1.807) is 18.2 Å². The molecule has 2 heterocycles. The standard InChI is InChI=1S/C13H17BrN2O.C8H7BrO2.C5H12N2.C5H12O/c1-10-9-11(3-4-12(10)14)13(17)16-7-5-15(2)6-8-16;1-5-4-6(8(10)11)2-3-7(5)9;1-7-4-2-6-3-5-7;1-3-5(6)4-2/h3-4,9H,5-8H2,1-2H3;2-4H,1H3,(H,10,11);6H,2-5H2,1H3;5-6H,3-4H2,1-2H3/i;;;1TD. The number of aliphatic hydroxyl groups is 1. The Labute approximate surface area is 266 Å². The molecule has 10 heteroatoms. The number of rotatable bonds is 4. The molecule has 8 nitrogen and oxygen atoms in total. The fraction of sp³-hybridized carbons (Fsp3) is 0.548. The zero-order valence-corrected chi connectivity index (χ0v) is 28.2. The lowest BCUT2D eigenvalue weighted by Crippen LogP contribution is -2.47. The van der Waals surface area contributed by atoms with Crippen LogP contribution in [0.3, 0.4) is 0 Å². The van der Waals surface area contributed by atoms with Crippen molar-refractivity contribution in [3.8, 4) is 0 Å². The molecule has 4 rings (SSSR count). The number of aryl methyl sites for hydroxylation is 2. The Morgan fingerprint density at radius 2 is 1.41 bits per heavy atom. The summed E-state index contributed by atoms with van der Waals surface area (Å²) in [6, 6.07) is 10.7. The Hall–Kier alpha value is -1.82. The number of piperazine rings is 2. The number of hydrogen-bond acceptors (Lipinski definition) is 6. The van der Waals surface area contributed by atoms with Crippen molar-refractivity contribution in [3.63, 3.8) is 0 Å².